The summed E-state index contributed by atoms with van der Waals surface area (Å²) in [4.78, 5) is 29.7. The molecular weight excluding hydrogens is 372 g/mol. The van der Waals surface area contributed by atoms with Crippen LogP contribution in [0.25, 0.3) is 22.1 Å². The Balaban J connectivity index is 1.92. The summed E-state index contributed by atoms with van der Waals surface area (Å²) in [5, 5.41) is 0.983. The van der Waals surface area contributed by atoms with Crippen molar-refractivity contribution in [1.29, 1.82) is 0 Å². The number of benzene rings is 1. The molecule has 0 bridgehead atoms. The van der Waals surface area contributed by atoms with Crippen LogP contribution in [0.2, 0.25) is 0 Å². The third-order valence-electron chi connectivity index (χ3n) is 3.71. The van der Waals surface area contributed by atoms with E-state index in [0.717, 1.165) is 16.5 Å². The van der Waals surface area contributed by atoms with E-state index in [-0.39, 0.29) is 11.9 Å². The predicted octanol–water partition coefficient (Wildman–Crippen LogP) is 2.72. The first-order valence-corrected chi connectivity index (χ1v) is 7.91. The molecule has 0 aliphatic carbocycles. The topological polar surface area (TPSA) is 99.6 Å². The summed E-state index contributed by atoms with van der Waals surface area (Å²) in [5.74, 6) is -0.252. The molecule has 3 heterocycles. The Morgan fingerprint density at radius 2 is 2.00 bits per heavy atom. The highest BCUT2D eigenvalue weighted by Crippen LogP contribution is 2.22. The van der Waals surface area contributed by atoms with E-state index in [1.807, 2.05) is 37.3 Å². The number of carbonyl (C=O) groups is 1. The molecule has 0 aliphatic heterocycles. The second-order valence-corrected chi connectivity index (χ2v) is 6.06. The lowest BCUT2D eigenvalue weighted by atomic mass is 10.1. The van der Waals surface area contributed by atoms with Crippen molar-refractivity contribution in [1.82, 2.24) is 24.5 Å². The van der Waals surface area contributed by atoms with Crippen LogP contribution in [0.5, 0.6) is 0 Å². The number of anilines is 1. The molecule has 3 aromatic heterocycles. The monoisotopic (exact) mass is 382 g/mol. The Kier molecular flexibility index (Phi) is 3.27. The van der Waals surface area contributed by atoms with Crippen molar-refractivity contribution in [2.24, 2.45) is 0 Å². The molecule has 0 saturated carbocycles. The van der Waals surface area contributed by atoms with Crippen molar-refractivity contribution in [3.8, 4) is 0 Å². The third-order valence-corrected chi connectivity index (χ3v) is 4.26. The maximum absolute atomic E-state index is 13.0. The van der Waals surface area contributed by atoms with Crippen LogP contribution in [0.1, 0.15) is 16.1 Å². The maximum atomic E-state index is 13.0. The van der Waals surface area contributed by atoms with Crippen molar-refractivity contribution < 1.29 is 4.79 Å². The van der Waals surface area contributed by atoms with E-state index >= 15 is 0 Å². The molecule has 0 unspecified atom stereocenters. The van der Waals surface area contributed by atoms with Crippen molar-refractivity contribution in [3.05, 3.63) is 52.5 Å². The molecule has 0 radical (unpaired) electrons. The number of carbonyl (C=O) groups excluding carboxylic acids is 1. The Morgan fingerprint density at radius 3 is 2.83 bits per heavy atom. The van der Waals surface area contributed by atoms with Crippen LogP contribution in [0.15, 0.2) is 41.3 Å². The summed E-state index contributed by atoms with van der Waals surface area (Å²) < 4.78 is 1.78. The van der Waals surface area contributed by atoms with Gasteiger partial charge in [-0.3, -0.25) is 4.79 Å². The number of nitrogens with two attached hydrogens (primary N) is 1. The minimum atomic E-state index is -0.314. The van der Waals surface area contributed by atoms with E-state index in [0.29, 0.717) is 21.5 Å². The molecule has 0 atom stereocenters. The molecule has 0 fully saturated rings. The first-order chi connectivity index (χ1) is 11.5. The summed E-state index contributed by atoms with van der Waals surface area (Å²) >= 11 is 3.28. The summed E-state index contributed by atoms with van der Waals surface area (Å²) in [6.07, 6.45) is 1.40. The summed E-state index contributed by atoms with van der Waals surface area (Å²) in [5.41, 5.74) is 8.37. The molecule has 0 saturated heterocycles. The van der Waals surface area contributed by atoms with Crippen LogP contribution in [-0.4, -0.2) is 30.4 Å². The number of aryl methyl sites for hydroxylation is 1. The van der Waals surface area contributed by atoms with Gasteiger partial charge in [-0.15, -0.1) is 0 Å². The molecule has 2 N–H and O–H groups in total. The summed E-state index contributed by atoms with van der Waals surface area (Å²) in [6, 6.07) is 9.59. The number of halogens is 1. The van der Waals surface area contributed by atoms with Crippen LogP contribution < -0.4 is 5.73 Å². The molecule has 118 valence electrons. The number of rotatable bonds is 1. The lowest BCUT2D eigenvalue weighted by Gasteiger charge is -2.07. The van der Waals surface area contributed by atoms with Gasteiger partial charge in [0.2, 0.25) is 5.95 Å². The zero-order valence-electron chi connectivity index (χ0n) is 12.6. The quantitative estimate of drug-likeness (QED) is 0.508. The maximum Gasteiger partial charge on any atom is 0.283 e. The Hall–Kier alpha value is -2.87. The zero-order valence-corrected chi connectivity index (χ0v) is 14.1. The number of nitrogen functional groups attached to an aromatic ring is 1. The van der Waals surface area contributed by atoms with Crippen LogP contribution >= 0.6 is 15.9 Å². The predicted molar refractivity (Wildman–Crippen MR) is 93.6 cm³/mol. The van der Waals surface area contributed by atoms with E-state index in [1.54, 1.807) is 0 Å². The summed E-state index contributed by atoms with van der Waals surface area (Å²) in [7, 11) is 0. The number of aromatic nitrogens is 5. The average molecular weight is 383 g/mol. The highest BCUT2D eigenvalue weighted by atomic mass is 79.9. The van der Waals surface area contributed by atoms with E-state index in [9.17, 15) is 4.79 Å². The van der Waals surface area contributed by atoms with Gasteiger partial charge in [0.1, 0.15) is 22.1 Å². The van der Waals surface area contributed by atoms with Crippen LogP contribution in [-0.2, 0) is 0 Å². The largest absolute Gasteiger partial charge is 0.368 e. The average Bonchev–Trinajstić information content (AvgIpc) is 2.97. The van der Waals surface area contributed by atoms with Gasteiger partial charge in [0.25, 0.3) is 5.91 Å². The van der Waals surface area contributed by atoms with E-state index in [1.165, 1.54) is 10.9 Å². The van der Waals surface area contributed by atoms with Crippen LogP contribution in [0.3, 0.4) is 0 Å². The minimum Gasteiger partial charge on any atom is -0.368 e. The number of para-hydroxylation sites is 1. The van der Waals surface area contributed by atoms with Crippen LogP contribution in [0, 0.1) is 6.92 Å². The van der Waals surface area contributed by atoms with Crippen molar-refractivity contribution in [2.75, 3.05) is 5.73 Å². The van der Waals surface area contributed by atoms with Gasteiger partial charge in [-0.1, -0.05) is 18.2 Å². The molecule has 24 heavy (non-hydrogen) atoms. The molecule has 1 aromatic carbocycles. The first kappa shape index (κ1) is 14.7. The van der Waals surface area contributed by atoms with E-state index in [2.05, 4.69) is 35.9 Å². The number of nitrogens with zero attached hydrogens (tertiary/aromatic N) is 5. The number of hydrogen-bond donors (Lipinski definition) is 1. The van der Waals surface area contributed by atoms with Gasteiger partial charge < -0.3 is 5.73 Å². The highest BCUT2D eigenvalue weighted by Gasteiger charge is 2.19. The molecule has 4 rings (SSSR count). The second-order valence-electron chi connectivity index (χ2n) is 5.31. The standard InChI is InChI=1S/C16H11BrN6O/c1-8-6-9-4-2-3-5-10(9)20-11(8)15(24)23-7-19-12-13(17)21-16(18)22-14(12)23/h2-7H,1H3,(H2,18,21,22). The fourth-order valence-electron chi connectivity index (χ4n) is 2.58. The van der Waals surface area contributed by atoms with Gasteiger partial charge in [0, 0.05) is 5.39 Å². The van der Waals surface area contributed by atoms with Crippen molar-refractivity contribution >= 4 is 49.9 Å². The van der Waals surface area contributed by atoms with Gasteiger partial charge in [-0.25, -0.2) is 19.5 Å². The highest BCUT2D eigenvalue weighted by molar-refractivity contribution is 9.10. The molecular formula is C16H11BrN6O. The lowest BCUT2D eigenvalue weighted by Crippen LogP contribution is -2.15. The fraction of sp³-hybridized carbons (Fsp3) is 0.0625. The van der Waals surface area contributed by atoms with E-state index in [4.69, 9.17) is 5.73 Å². The third kappa shape index (κ3) is 2.23. The minimum absolute atomic E-state index is 0.0621. The molecule has 0 spiro atoms. The zero-order chi connectivity index (χ0) is 16.8. The second kappa shape index (κ2) is 5.34. The van der Waals surface area contributed by atoms with Gasteiger partial charge >= 0.3 is 0 Å². The number of pyridine rings is 1. The van der Waals surface area contributed by atoms with Gasteiger partial charge in [-0.2, -0.15) is 4.98 Å². The normalized spacial score (nSPS) is 11.2. The fourth-order valence-corrected chi connectivity index (χ4v) is 3.04. The molecule has 8 heteroatoms. The van der Waals surface area contributed by atoms with Crippen molar-refractivity contribution in [2.45, 2.75) is 6.92 Å². The number of hydrogen-bond acceptors (Lipinski definition) is 6. The Morgan fingerprint density at radius 1 is 1.21 bits per heavy atom. The molecule has 0 amide bonds. The van der Waals surface area contributed by atoms with Gasteiger partial charge in [0.05, 0.1) is 5.52 Å². The van der Waals surface area contributed by atoms with Gasteiger partial charge in [0.15, 0.2) is 5.65 Å². The Bertz CT molecular complexity index is 1120. The lowest BCUT2D eigenvalue weighted by molar-refractivity contribution is 0.0958. The molecule has 7 nitrogen and oxygen atoms in total. The SMILES string of the molecule is Cc1cc2ccccc2nc1C(=O)n1cnc2c(Br)nc(N)nc21. The molecule has 0 aliphatic rings. The number of imidazole rings is 1. The number of fused-ring (bicyclic) bond motifs is 2. The molecule has 4 aromatic rings. The van der Waals surface area contributed by atoms with Crippen molar-refractivity contribution in [3.63, 3.8) is 0 Å². The Labute approximate surface area is 144 Å². The van der Waals surface area contributed by atoms with Crippen LogP contribution in [0.4, 0.5) is 5.95 Å². The van der Waals surface area contributed by atoms with Gasteiger partial charge in [-0.05, 0) is 40.5 Å². The smallest absolute Gasteiger partial charge is 0.283 e. The summed E-state index contributed by atoms with van der Waals surface area (Å²) in [6.45, 7) is 1.85. The van der Waals surface area contributed by atoms with E-state index < -0.39 is 0 Å². The first-order valence-electron chi connectivity index (χ1n) is 7.12.